The molecular formula is C27H32Br2N2O9. The number of imide groups is 1. The van der Waals surface area contributed by atoms with Crippen LogP contribution in [0.1, 0.15) is 44.7 Å². The number of nitrogens with zero attached hydrogens (tertiary/aromatic N) is 1. The topological polar surface area (TPSA) is 156 Å². The first-order valence-electron chi connectivity index (χ1n) is 12.6. The lowest BCUT2D eigenvalue weighted by atomic mass is 9.88. The highest BCUT2D eigenvalue weighted by atomic mass is 79.9. The summed E-state index contributed by atoms with van der Waals surface area (Å²) < 4.78 is 10.2. The Balaban J connectivity index is 1.76. The van der Waals surface area contributed by atoms with E-state index >= 15 is 0 Å². The predicted octanol–water partition coefficient (Wildman–Crippen LogP) is 3.51. The summed E-state index contributed by atoms with van der Waals surface area (Å²) in [6.45, 7) is 5.33. The van der Waals surface area contributed by atoms with Gasteiger partial charge in [-0.05, 0) is 55.8 Å². The van der Waals surface area contributed by atoms with Gasteiger partial charge in [-0.15, -0.1) is 0 Å². The van der Waals surface area contributed by atoms with Crippen LogP contribution in [0.5, 0.6) is 0 Å². The van der Waals surface area contributed by atoms with Gasteiger partial charge in [-0.3, -0.25) is 28.9 Å². The molecule has 0 unspecified atom stereocenters. The van der Waals surface area contributed by atoms with E-state index in [1.54, 1.807) is 31.2 Å². The molecule has 40 heavy (non-hydrogen) atoms. The monoisotopic (exact) mass is 686 g/mol. The third-order valence-electron chi connectivity index (χ3n) is 6.24. The highest BCUT2D eigenvalue weighted by Gasteiger charge is 2.35. The van der Waals surface area contributed by atoms with E-state index in [0.717, 1.165) is 4.90 Å². The summed E-state index contributed by atoms with van der Waals surface area (Å²) in [5, 5.41) is 11.3. The fourth-order valence-corrected chi connectivity index (χ4v) is 4.56. The number of hydrogen-bond donors (Lipinski definition) is 2. The molecule has 11 nitrogen and oxygen atoms in total. The molecule has 2 rings (SSSR count). The van der Waals surface area contributed by atoms with Crippen LogP contribution in [0.15, 0.2) is 33.2 Å². The number of rotatable bonds is 16. The van der Waals surface area contributed by atoms with E-state index in [4.69, 9.17) is 9.84 Å². The zero-order chi connectivity index (χ0) is 30.0. The Morgan fingerprint density at radius 3 is 2.08 bits per heavy atom. The molecule has 0 radical (unpaired) electrons. The van der Waals surface area contributed by atoms with Crippen molar-refractivity contribution in [3.63, 3.8) is 0 Å². The average Bonchev–Trinajstić information content (AvgIpc) is 3.08. The van der Waals surface area contributed by atoms with Crippen molar-refractivity contribution in [1.29, 1.82) is 0 Å². The van der Waals surface area contributed by atoms with E-state index in [9.17, 15) is 28.8 Å². The molecule has 0 aromatic heterocycles. The van der Waals surface area contributed by atoms with Gasteiger partial charge in [0, 0.05) is 25.2 Å². The van der Waals surface area contributed by atoms with E-state index in [-0.39, 0.29) is 78.0 Å². The second kappa shape index (κ2) is 15.8. The second-order valence-corrected chi connectivity index (χ2v) is 11.2. The normalized spacial score (nSPS) is 14.9. The summed E-state index contributed by atoms with van der Waals surface area (Å²) >= 11 is 6.10. The summed E-state index contributed by atoms with van der Waals surface area (Å²) in [4.78, 5) is 73.6. The van der Waals surface area contributed by atoms with Crippen molar-refractivity contribution in [3.05, 3.63) is 44.4 Å². The Labute approximate surface area is 248 Å². The molecule has 1 heterocycles. The molecule has 1 aromatic carbocycles. The number of Topliss-reactive ketones (excluding diaryl/α,β-unsaturated/α-hetero) is 2. The van der Waals surface area contributed by atoms with E-state index in [2.05, 4.69) is 41.9 Å². The molecule has 2 atom stereocenters. The summed E-state index contributed by atoms with van der Waals surface area (Å²) in [5.41, 5.74) is 1.35. The minimum atomic E-state index is -1.37. The Kier molecular flexibility index (Phi) is 13.1. The van der Waals surface area contributed by atoms with Crippen molar-refractivity contribution in [2.45, 2.75) is 52.7 Å². The molecule has 0 saturated heterocycles. The average molecular weight is 688 g/mol. The van der Waals surface area contributed by atoms with Crippen molar-refractivity contribution < 1.29 is 43.3 Å². The Morgan fingerprint density at radius 1 is 0.950 bits per heavy atom. The molecule has 0 saturated carbocycles. The van der Waals surface area contributed by atoms with Crippen molar-refractivity contribution >= 4 is 67.3 Å². The summed E-state index contributed by atoms with van der Waals surface area (Å²) in [6, 6.07) is 5.95. The van der Waals surface area contributed by atoms with Crippen molar-refractivity contribution in [2.75, 3.05) is 19.8 Å². The molecule has 218 valence electrons. The molecule has 0 aliphatic carbocycles. The van der Waals surface area contributed by atoms with Crippen molar-refractivity contribution in [2.24, 2.45) is 11.8 Å². The van der Waals surface area contributed by atoms with Crippen LogP contribution in [0.4, 0.5) is 4.79 Å². The first-order chi connectivity index (χ1) is 18.8. The molecule has 0 spiro atoms. The summed E-state index contributed by atoms with van der Waals surface area (Å²) in [5.74, 6) is -2.48. The first-order valence-corrected chi connectivity index (χ1v) is 14.2. The Hall–Kier alpha value is -2.90. The maximum absolute atomic E-state index is 12.9. The fourth-order valence-electron chi connectivity index (χ4n) is 3.80. The molecule has 0 bridgehead atoms. The second-order valence-electron chi connectivity index (χ2n) is 9.59. The van der Waals surface area contributed by atoms with Crippen molar-refractivity contribution in [1.82, 2.24) is 10.2 Å². The summed E-state index contributed by atoms with van der Waals surface area (Å²) in [7, 11) is 0. The van der Waals surface area contributed by atoms with Crippen LogP contribution in [0, 0.1) is 11.8 Å². The minimum absolute atomic E-state index is 0.0133. The van der Waals surface area contributed by atoms with Gasteiger partial charge in [0.1, 0.15) is 21.4 Å². The molecule has 2 N–H and O–H groups in total. The number of carboxylic acid groups (broad SMARTS) is 1. The Bertz CT molecular complexity index is 1140. The van der Waals surface area contributed by atoms with E-state index in [1.807, 2.05) is 13.8 Å². The SMILES string of the molecule is CC(C)[C@H](CC(=O)CCOCCN1C(=O)C(Br)=C(Br)C1=O)C(=O)N[C@@H](C)C(=O)Cc1ccc(COC(=O)O)cc1. The zero-order valence-electron chi connectivity index (χ0n) is 22.4. The van der Waals surface area contributed by atoms with Crippen LogP contribution in [-0.4, -0.2) is 71.3 Å². The van der Waals surface area contributed by atoms with Crippen LogP contribution < -0.4 is 5.32 Å². The number of benzene rings is 1. The van der Waals surface area contributed by atoms with E-state index in [0.29, 0.717) is 11.1 Å². The molecular weight excluding hydrogens is 656 g/mol. The predicted molar refractivity (Wildman–Crippen MR) is 151 cm³/mol. The van der Waals surface area contributed by atoms with Crippen LogP contribution in [0.3, 0.4) is 0 Å². The number of carbonyl (C=O) groups excluding carboxylic acids is 5. The van der Waals surface area contributed by atoms with Gasteiger partial charge in [0.2, 0.25) is 5.91 Å². The number of hydrogen-bond acceptors (Lipinski definition) is 8. The number of halogens is 2. The van der Waals surface area contributed by atoms with Gasteiger partial charge in [-0.1, -0.05) is 38.1 Å². The standard InChI is InChI=1S/C27H32Br2N2O9/c1-15(2)20(13-19(32)8-10-39-11-9-31-25(35)22(28)23(29)26(31)36)24(34)30-16(3)21(33)12-17-4-6-18(7-5-17)14-40-27(37)38/h4-7,15-16,20H,8-14H2,1-3H3,(H,30,34)(H,37,38)/t16-,20-/m0/s1. The van der Waals surface area contributed by atoms with Gasteiger partial charge in [-0.2, -0.15) is 0 Å². The maximum Gasteiger partial charge on any atom is 0.506 e. The first kappa shape index (κ1) is 33.3. The van der Waals surface area contributed by atoms with Gasteiger partial charge in [0.15, 0.2) is 5.78 Å². The molecule has 1 aliphatic heterocycles. The lowest BCUT2D eigenvalue weighted by molar-refractivity contribution is -0.138. The fraction of sp³-hybridized carbons (Fsp3) is 0.481. The minimum Gasteiger partial charge on any atom is -0.450 e. The van der Waals surface area contributed by atoms with Crippen LogP contribution in [-0.2, 0) is 46.5 Å². The largest absolute Gasteiger partial charge is 0.506 e. The third-order valence-corrected chi connectivity index (χ3v) is 8.24. The Morgan fingerprint density at radius 2 is 1.52 bits per heavy atom. The number of carbonyl (C=O) groups is 6. The van der Waals surface area contributed by atoms with Gasteiger partial charge < -0.3 is 19.9 Å². The smallest absolute Gasteiger partial charge is 0.450 e. The van der Waals surface area contributed by atoms with Gasteiger partial charge in [0.25, 0.3) is 11.8 Å². The lowest BCUT2D eigenvalue weighted by Crippen LogP contribution is -2.44. The van der Waals surface area contributed by atoms with E-state index < -0.39 is 29.9 Å². The molecule has 3 amide bonds. The molecule has 0 fully saturated rings. The van der Waals surface area contributed by atoms with Gasteiger partial charge >= 0.3 is 6.16 Å². The number of amides is 3. The molecule has 1 aliphatic rings. The molecule has 1 aromatic rings. The highest BCUT2D eigenvalue weighted by Crippen LogP contribution is 2.29. The highest BCUT2D eigenvalue weighted by molar-refractivity contribution is 9.14. The molecule has 13 heteroatoms. The van der Waals surface area contributed by atoms with Crippen LogP contribution >= 0.6 is 31.9 Å². The number of ether oxygens (including phenoxy) is 2. The van der Waals surface area contributed by atoms with E-state index in [1.165, 1.54) is 0 Å². The quantitative estimate of drug-likeness (QED) is 0.151. The number of nitrogens with one attached hydrogen (secondary N) is 1. The summed E-state index contributed by atoms with van der Waals surface area (Å²) in [6.07, 6.45) is -1.25. The lowest BCUT2D eigenvalue weighted by Gasteiger charge is -2.22. The van der Waals surface area contributed by atoms with Crippen LogP contribution in [0.2, 0.25) is 0 Å². The van der Waals surface area contributed by atoms with Gasteiger partial charge in [-0.25, -0.2) is 4.79 Å². The number of ketones is 2. The van der Waals surface area contributed by atoms with Crippen LogP contribution in [0.25, 0.3) is 0 Å². The zero-order valence-corrected chi connectivity index (χ0v) is 25.6. The van der Waals surface area contributed by atoms with Crippen molar-refractivity contribution in [3.8, 4) is 0 Å². The van der Waals surface area contributed by atoms with Gasteiger partial charge in [0.05, 0.1) is 25.8 Å². The third kappa shape index (κ3) is 9.93. The maximum atomic E-state index is 12.9.